The van der Waals surface area contributed by atoms with Gasteiger partial charge in [0.2, 0.25) is 5.88 Å². The SMILES string of the molecule is CCS(=O)(=O)c1ccc(Cc2c(OC(F)F)nc3c(F)ccc(OCC(=O)O)c3c2C)cc1. The number of carbonyl (C=O) groups is 1. The largest absolute Gasteiger partial charge is 0.481 e. The van der Waals surface area contributed by atoms with Gasteiger partial charge < -0.3 is 14.6 Å². The summed E-state index contributed by atoms with van der Waals surface area (Å²) in [5.74, 6) is -2.62. The number of carboxylic acids is 1. The average Bonchev–Trinajstić information content (AvgIpc) is 2.76. The molecule has 3 aromatic rings. The van der Waals surface area contributed by atoms with Gasteiger partial charge in [0.1, 0.15) is 17.1 Å². The number of nitrogens with zero attached hydrogens (tertiary/aromatic N) is 1. The molecule has 1 aromatic heterocycles. The summed E-state index contributed by atoms with van der Waals surface area (Å²) in [6.07, 6.45) is 0.0121. The molecule has 0 saturated heterocycles. The molecule has 1 N–H and O–H groups in total. The first kappa shape index (κ1) is 24.3. The number of ether oxygens (including phenoxy) is 2. The molecular formula is C22H20F3NO6S. The van der Waals surface area contributed by atoms with Crippen LogP contribution in [-0.4, -0.2) is 43.4 Å². The van der Waals surface area contributed by atoms with Crippen molar-refractivity contribution in [1.29, 1.82) is 0 Å². The minimum absolute atomic E-state index is 0.0121. The third-order valence-electron chi connectivity index (χ3n) is 4.98. The second-order valence-corrected chi connectivity index (χ2v) is 9.35. The van der Waals surface area contributed by atoms with Gasteiger partial charge >= 0.3 is 12.6 Å². The van der Waals surface area contributed by atoms with Crippen molar-refractivity contribution in [2.45, 2.75) is 31.8 Å². The van der Waals surface area contributed by atoms with E-state index in [1.54, 1.807) is 0 Å². The number of sulfone groups is 1. The zero-order valence-electron chi connectivity index (χ0n) is 17.6. The Bertz CT molecular complexity index is 1290. The highest BCUT2D eigenvalue weighted by Crippen LogP contribution is 2.37. The number of pyridine rings is 1. The monoisotopic (exact) mass is 483 g/mol. The topological polar surface area (TPSA) is 103 Å². The number of rotatable bonds is 9. The molecule has 1 heterocycles. The van der Waals surface area contributed by atoms with Gasteiger partial charge in [-0.2, -0.15) is 8.78 Å². The number of halogens is 3. The number of benzene rings is 2. The Balaban J connectivity index is 2.14. The van der Waals surface area contributed by atoms with Crippen LogP contribution in [0.25, 0.3) is 10.9 Å². The molecule has 11 heteroatoms. The minimum Gasteiger partial charge on any atom is -0.481 e. The average molecular weight is 483 g/mol. The highest BCUT2D eigenvalue weighted by molar-refractivity contribution is 7.91. The first-order valence-electron chi connectivity index (χ1n) is 9.76. The van der Waals surface area contributed by atoms with Gasteiger partial charge in [0.05, 0.1) is 10.6 Å². The Morgan fingerprint density at radius 3 is 2.39 bits per heavy atom. The first-order valence-corrected chi connectivity index (χ1v) is 11.4. The Labute approximate surface area is 187 Å². The van der Waals surface area contributed by atoms with Crippen LogP contribution in [0.2, 0.25) is 0 Å². The number of aromatic nitrogens is 1. The molecule has 0 spiro atoms. The van der Waals surface area contributed by atoms with Crippen molar-refractivity contribution < 1.29 is 41.0 Å². The lowest BCUT2D eigenvalue weighted by molar-refractivity contribution is -0.139. The van der Waals surface area contributed by atoms with Crippen LogP contribution in [0.1, 0.15) is 23.6 Å². The van der Waals surface area contributed by atoms with Crippen LogP contribution in [0.5, 0.6) is 11.6 Å². The molecular weight excluding hydrogens is 463 g/mol. The van der Waals surface area contributed by atoms with E-state index < -0.39 is 40.7 Å². The van der Waals surface area contributed by atoms with Crippen LogP contribution in [0.4, 0.5) is 13.2 Å². The molecule has 0 unspecified atom stereocenters. The highest BCUT2D eigenvalue weighted by Gasteiger charge is 2.22. The van der Waals surface area contributed by atoms with E-state index in [1.807, 2.05) is 0 Å². The maximum Gasteiger partial charge on any atom is 0.388 e. The van der Waals surface area contributed by atoms with Gasteiger partial charge in [0, 0.05) is 17.4 Å². The van der Waals surface area contributed by atoms with E-state index in [4.69, 9.17) is 9.84 Å². The minimum atomic E-state index is -3.41. The summed E-state index contributed by atoms with van der Waals surface area (Å²) in [5.41, 5.74) is 0.762. The quantitative estimate of drug-likeness (QED) is 0.488. The fourth-order valence-electron chi connectivity index (χ4n) is 3.33. The summed E-state index contributed by atoms with van der Waals surface area (Å²) >= 11 is 0. The molecule has 0 saturated carbocycles. The molecule has 176 valence electrons. The van der Waals surface area contributed by atoms with Crippen molar-refractivity contribution in [3.8, 4) is 11.6 Å². The number of alkyl halides is 2. The number of fused-ring (bicyclic) bond motifs is 1. The Kier molecular flexibility index (Phi) is 7.11. The van der Waals surface area contributed by atoms with E-state index in [9.17, 15) is 26.4 Å². The van der Waals surface area contributed by atoms with E-state index in [-0.39, 0.29) is 39.3 Å². The molecule has 2 aromatic carbocycles. The highest BCUT2D eigenvalue weighted by atomic mass is 32.2. The molecule has 0 aliphatic rings. The molecule has 0 amide bonds. The Morgan fingerprint density at radius 1 is 1.15 bits per heavy atom. The molecule has 0 radical (unpaired) electrons. The van der Waals surface area contributed by atoms with Crippen molar-refractivity contribution in [2.24, 2.45) is 0 Å². The van der Waals surface area contributed by atoms with Gasteiger partial charge in [-0.15, -0.1) is 0 Å². The van der Waals surface area contributed by atoms with Crippen molar-refractivity contribution >= 4 is 26.7 Å². The summed E-state index contributed by atoms with van der Waals surface area (Å²) < 4.78 is 74.5. The third kappa shape index (κ3) is 5.36. The maximum atomic E-state index is 14.5. The van der Waals surface area contributed by atoms with Crippen molar-refractivity contribution in [1.82, 2.24) is 4.98 Å². The van der Waals surface area contributed by atoms with Crippen LogP contribution >= 0.6 is 0 Å². The van der Waals surface area contributed by atoms with E-state index in [1.165, 1.54) is 44.2 Å². The fraction of sp³-hybridized carbons (Fsp3) is 0.273. The van der Waals surface area contributed by atoms with Crippen LogP contribution < -0.4 is 9.47 Å². The first-order chi connectivity index (χ1) is 15.5. The molecule has 0 fully saturated rings. The summed E-state index contributed by atoms with van der Waals surface area (Å²) in [5, 5.41) is 9.02. The van der Waals surface area contributed by atoms with Crippen LogP contribution in [-0.2, 0) is 21.1 Å². The second kappa shape index (κ2) is 9.65. The smallest absolute Gasteiger partial charge is 0.388 e. The molecule has 7 nitrogen and oxygen atoms in total. The number of hydrogen-bond donors (Lipinski definition) is 1. The maximum absolute atomic E-state index is 14.5. The van der Waals surface area contributed by atoms with E-state index in [0.717, 1.165) is 6.07 Å². The van der Waals surface area contributed by atoms with Gasteiger partial charge in [-0.05, 0) is 42.3 Å². The zero-order chi connectivity index (χ0) is 24.3. The zero-order valence-corrected chi connectivity index (χ0v) is 18.5. The lowest BCUT2D eigenvalue weighted by Crippen LogP contribution is -2.12. The van der Waals surface area contributed by atoms with Gasteiger partial charge in [-0.3, -0.25) is 0 Å². The molecule has 33 heavy (non-hydrogen) atoms. The summed E-state index contributed by atoms with van der Waals surface area (Å²) in [4.78, 5) is 15.0. The number of carboxylic acid groups (broad SMARTS) is 1. The van der Waals surface area contributed by atoms with E-state index in [2.05, 4.69) is 9.72 Å². The molecule has 0 aliphatic heterocycles. The van der Waals surface area contributed by atoms with Crippen LogP contribution in [0, 0.1) is 12.7 Å². The Hall–Kier alpha value is -3.34. The predicted molar refractivity (Wildman–Crippen MR) is 113 cm³/mol. The molecule has 0 bridgehead atoms. The second-order valence-electron chi connectivity index (χ2n) is 7.07. The number of aryl methyl sites for hydroxylation is 1. The standard InChI is InChI=1S/C22H20F3NO6S/c1-3-33(29,30)14-6-4-13(5-7-14)10-15-12(2)19-17(31-11-18(27)28)9-8-16(23)20(19)26-21(15)32-22(24)25/h4-9,22H,3,10-11H2,1-2H3,(H,27,28). The van der Waals surface area contributed by atoms with Crippen LogP contribution in [0.3, 0.4) is 0 Å². The number of hydrogen-bond acceptors (Lipinski definition) is 6. The molecule has 3 rings (SSSR count). The van der Waals surface area contributed by atoms with Gasteiger partial charge in [0.25, 0.3) is 0 Å². The lowest BCUT2D eigenvalue weighted by atomic mass is 9.97. The van der Waals surface area contributed by atoms with Gasteiger partial charge in [-0.25, -0.2) is 22.6 Å². The summed E-state index contributed by atoms with van der Waals surface area (Å²) in [6, 6.07) is 8.11. The molecule has 0 aliphatic carbocycles. The normalized spacial score (nSPS) is 11.7. The van der Waals surface area contributed by atoms with Crippen molar-refractivity contribution in [3.63, 3.8) is 0 Å². The predicted octanol–water partition coefficient (Wildman–Crippen LogP) is 4.13. The van der Waals surface area contributed by atoms with E-state index >= 15 is 0 Å². The van der Waals surface area contributed by atoms with Crippen molar-refractivity contribution in [2.75, 3.05) is 12.4 Å². The van der Waals surface area contributed by atoms with Crippen molar-refractivity contribution in [3.05, 3.63) is 58.9 Å². The van der Waals surface area contributed by atoms with Gasteiger partial charge in [-0.1, -0.05) is 19.1 Å². The Morgan fingerprint density at radius 2 is 1.82 bits per heavy atom. The number of aliphatic carboxylic acids is 1. The molecule has 0 atom stereocenters. The fourth-order valence-corrected chi connectivity index (χ4v) is 4.22. The summed E-state index contributed by atoms with van der Waals surface area (Å²) in [7, 11) is -3.41. The third-order valence-corrected chi connectivity index (χ3v) is 6.74. The van der Waals surface area contributed by atoms with Crippen LogP contribution in [0.15, 0.2) is 41.3 Å². The van der Waals surface area contributed by atoms with E-state index in [0.29, 0.717) is 11.1 Å². The van der Waals surface area contributed by atoms with Gasteiger partial charge in [0.15, 0.2) is 16.4 Å². The summed E-state index contributed by atoms with van der Waals surface area (Å²) in [6.45, 7) is -0.872. The lowest BCUT2D eigenvalue weighted by Gasteiger charge is -2.17.